The molecule has 0 spiro atoms. The van der Waals surface area contributed by atoms with Crippen molar-refractivity contribution in [2.24, 2.45) is 0 Å². The average Bonchev–Trinajstić information content (AvgIpc) is 3.01. The van der Waals surface area contributed by atoms with Gasteiger partial charge in [-0.15, -0.1) is 11.3 Å². The van der Waals surface area contributed by atoms with E-state index in [9.17, 15) is 9.59 Å². The third-order valence-corrected chi connectivity index (χ3v) is 3.79. The molecule has 0 saturated carbocycles. The number of aromatic nitrogens is 1. The molecule has 0 unspecified atom stereocenters. The zero-order valence-electron chi connectivity index (χ0n) is 14.1. The number of methoxy groups -OCH3 is 1. The lowest BCUT2D eigenvalue weighted by molar-refractivity contribution is -0.125. The van der Waals surface area contributed by atoms with Crippen LogP contribution in [0.5, 0.6) is 5.75 Å². The maximum Gasteiger partial charge on any atom is 0.358 e. The third kappa shape index (κ3) is 5.06. The van der Waals surface area contributed by atoms with E-state index < -0.39 is 5.97 Å². The number of benzene rings is 1. The summed E-state index contributed by atoms with van der Waals surface area (Å²) in [6.45, 7) is 5.24. The second kappa shape index (κ2) is 7.44. The maximum absolute atomic E-state index is 12.0. The van der Waals surface area contributed by atoms with Crippen LogP contribution in [0.2, 0.25) is 0 Å². The molecule has 0 aliphatic carbocycles. The van der Waals surface area contributed by atoms with E-state index in [1.54, 1.807) is 12.5 Å². The summed E-state index contributed by atoms with van der Waals surface area (Å²) >= 11 is 1.34. The fourth-order valence-corrected chi connectivity index (χ4v) is 2.69. The van der Waals surface area contributed by atoms with Crippen molar-refractivity contribution in [2.75, 3.05) is 13.7 Å². The van der Waals surface area contributed by atoms with Gasteiger partial charge < -0.3 is 14.8 Å². The molecule has 1 aromatic heterocycles. The highest BCUT2D eigenvalue weighted by molar-refractivity contribution is 7.13. The second-order valence-corrected chi connectivity index (χ2v) is 7.00. The Hall–Kier alpha value is -2.41. The Labute approximate surface area is 144 Å². The first kappa shape index (κ1) is 17.9. The SMILES string of the molecule is COc1ccc(-c2nc(C(=O)OCC(=O)NC(C)(C)C)cs2)cc1. The van der Waals surface area contributed by atoms with Crippen LogP contribution < -0.4 is 10.1 Å². The fraction of sp³-hybridized carbons (Fsp3) is 0.353. The summed E-state index contributed by atoms with van der Waals surface area (Å²) in [5.41, 5.74) is 0.700. The predicted molar refractivity (Wildman–Crippen MR) is 92.3 cm³/mol. The van der Waals surface area contributed by atoms with Crippen molar-refractivity contribution in [3.05, 3.63) is 35.3 Å². The Bertz CT molecular complexity index is 717. The zero-order chi connectivity index (χ0) is 17.7. The molecule has 1 heterocycles. The lowest BCUT2D eigenvalue weighted by atomic mass is 10.1. The molecule has 0 aliphatic rings. The van der Waals surface area contributed by atoms with Crippen molar-refractivity contribution < 1.29 is 19.1 Å². The Morgan fingerprint density at radius 2 is 1.88 bits per heavy atom. The van der Waals surface area contributed by atoms with Gasteiger partial charge in [-0.25, -0.2) is 9.78 Å². The van der Waals surface area contributed by atoms with Crippen molar-refractivity contribution in [3.63, 3.8) is 0 Å². The normalized spacial score (nSPS) is 11.0. The van der Waals surface area contributed by atoms with Crippen LogP contribution in [0.15, 0.2) is 29.6 Å². The summed E-state index contributed by atoms with van der Waals surface area (Å²) in [6, 6.07) is 7.38. The number of carbonyl (C=O) groups excluding carboxylic acids is 2. The number of amides is 1. The van der Waals surface area contributed by atoms with Crippen LogP contribution in [-0.2, 0) is 9.53 Å². The van der Waals surface area contributed by atoms with Gasteiger partial charge in [0.25, 0.3) is 5.91 Å². The molecule has 0 aliphatic heterocycles. The first-order chi connectivity index (χ1) is 11.3. The predicted octanol–water partition coefficient (Wildman–Crippen LogP) is 2.89. The summed E-state index contributed by atoms with van der Waals surface area (Å²) in [6.07, 6.45) is 0. The van der Waals surface area contributed by atoms with Gasteiger partial charge in [0.1, 0.15) is 10.8 Å². The Morgan fingerprint density at radius 3 is 2.46 bits per heavy atom. The molecule has 6 nitrogen and oxygen atoms in total. The van der Waals surface area contributed by atoms with Crippen LogP contribution >= 0.6 is 11.3 Å². The smallest absolute Gasteiger partial charge is 0.358 e. The molecule has 7 heteroatoms. The lowest BCUT2D eigenvalue weighted by Gasteiger charge is -2.20. The Morgan fingerprint density at radius 1 is 1.21 bits per heavy atom. The molecule has 0 bridgehead atoms. The minimum atomic E-state index is -0.616. The minimum Gasteiger partial charge on any atom is -0.497 e. The Kier molecular flexibility index (Phi) is 5.56. The van der Waals surface area contributed by atoms with E-state index in [1.165, 1.54) is 11.3 Å². The molecule has 128 valence electrons. The summed E-state index contributed by atoms with van der Waals surface area (Å²) in [5.74, 6) is -0.212. The van der Waals surface area contributed by atoms with Crippen LogP contribution in [0.4, 0.5) is 0 Å². The van der Waals surface area contributed by atoms with Gasteiger partial charge in [0.05, 0.1) is 7.11 Å². The number of ether oxygens (including phenoxy) is 2. The van der Waals surface area contributed by atoms with Crippen LogP contribution in [0.3, 0.4) is 0 Å². The van der Waals surface area contributed by atoms with Crippen molar-refractivity contribution in [3.8, 4) is 16.3 Å². The van der Waals surface area contributed by atoms with Crippen molar-refractivity contribution in [1.82, 2.24) is 10.3 Å². The minimum absolute atomic E-state index is 0.189. The van der Waals surface area contributed by atoms with Gasteiger partial charge in [-0.05, 0) is 45.0 Å². The number of carbonyl (C=O) groups is 2. The lowest BCUT2D eigenvalue weighted by Crippen LogP contribution is -2.42. The number of nitrogens with one attached hydrogen (secondary N) is 1. The molecule has 2 aromatic rings. The third-order valence-electron chi connectivity index (χ3n) is 2.90. The monoisotopic (exact) mass is 348 g/mol. The van der Waals surface area contributed by atoms with Gasteiger partial charge in [-0.2, -0.15) is 0 Å². The molecule has 1 amide bonds. The number of rotatable bonds is 5. The first-order valence-electron chi connectivity index (χ1n) is 7.36. The highest BCUT2D eigenvalue weighted by Gasteiger charge is 2.17. The number of nitrogens with zero attached hydrogens (tertiary/aromatic N) is 1. The van der Waals surface area contributed by atoms with Gasteiger partial charge in [-0.1, -0.05) is 0 Å². The zero-order valence-corrected chi connectivity index (χ0v) is 14.9. The summed E-state index contributed by atoms with van der Waals surface area (Å²) in [5, 5.41) is 5.03. The van der Waals surface area contributed by atoms with Crippen LogP contribution in [0, 0.1) is 0 Å². The largest absolute Gasteiger partial charge is 0.497 e. The fourth-order valence-electron chi connectivity index (χ4n) is 1.89. The maximum atomic E-state index is 12.0. The molecular formula is C17H20N2O4S. The van der Waals surface area contributed by atoms with E-state index in [1.807, 2.05) is 45.0 Å². The van der Waals surface area contributed by atoms with Crippen molar-refractivity contribution in [1.29, 1.82) is 0 Å². The molecule has 1 aromatic carbocycles. The van der Waals surface area contributed by atoms with Gasteiger partial charge in [0, 0.05) is 16.5 Å². The number of esters is 1. The number of thiazole rings is 1. The topological polar surface area (TPSA) is 77.5 Å². The first-order valence-corrected chi connectivity index (χ1v) is 8.24. The van der Waals surface area contributed by atoms with E-state index in [0.717, 1.165) is 11.3 Å². The highest BCUT2D eigenvalue weighted by atomic mass is 32.1. The summed E-state index contributed by atoms with van der Waals surface area (Å²) in [4.78, 5) is 27.9. The molecule has 24 heavy (non-hydrogen) atoms. The van der Waals surface area contributed by atoms with Gasteiger partial charge in [0.15, 0.2) is 12.3 Å². The van der Waals surface area contributed by atoms with Crippen LogP contribution in [0.1, 0.15) is 31.3 Å². The average molecular weight is 348 g/mol. The molecule has 0 atom stereocenters. The van der Waals surface area contributed by atoms with E-state index in [0.29, 0.717) is 5.01 Å². The molecule has 1 N–H and O–H groups in total. The second-order valence-electron chi connectivity index (χ2n) is 6.14. The van der Waals surface area contributed by atoms with Gasteiger partial charge in [0.2, 0.25) is 0 Å². The molecule has 0 fully saturated rings. The van der Waals surface area contributed by atoms with Crippen LogP contribution in [-0.4, -0.2) is 36.1 Å². The van der Waals surface area contributed by atoms with E-state index in [-0.39, 0.29) is 23.7 Å². The quantitative estimate of drug-likeness (QED) is 0.841. The standard InChI is InChI=1S/C17H20N2O4S/c1-17(2,3)19-14(20)9-23-16(21)13-10-24-15(18-13)11-5-7-12(22-4)8-6-11/h5-8,10H,9H2,1-4H3,(H,19,20). The number of hydrogen-bond donors (Lipinski definition) is 1. The van der Waals surface area contributed by atoms with Crippen molar-refractivity contribution in [2.45, 2.75) is 26.3 Å². The summed E-state index contributed by atoms with van der Waals surface area (Å²) in [7, 11) is 1.60. The molecule has 0 radical (unpaired) electrons. The summed E-state index contributed by atoms with van der Waals surface area (Å²) < 4.78 is 10.1. The van der Waals surface area contributed by atoms with E-state index in [2.05, 4.69) is 10.3 Å². The highest BCUT2D eigenvalue weighted by Crippen LogP contribution is 2.25. The number of hydrogen-bond acceptors (Lipinski definition) is 6. The van der Waals surface area contributed by atoms with Crippen molar-refractivity contribution >= 4 is 23.2 Å². The van der Waals surface area contributed by atoms with E-state index in [4.69, 9.17) is 9.47 Å². The molecular weight excluding hydrogens is 328 g/mol. The van der Waals surface area contributed by atoms with Gasteiger partial charge >= 0.3 is 5.97 Å². The molecule has 0 saturated heterocycles. The van der Waals surface area contributed by atoms with Gasteiger partial charge in [-0.3, -0.25) is 4.79 Å². The Balaban J connectivity index is 1.96. The molecule has 2 rings (SSSR count). The van der Waals surface area contributed by atoms with Crippen LogP contribution in [0.25, 0.3) is 10.6 Å². The van der Waals surface area contributed by atoms with E-state index >= 15 is 0 Å².